The van der Waals surface area contributed by atoms with Crippen LogP contribution in [0.5, 0.6) is 0 Å². The molecule has 0 aliphatic heterocycles. The van der Waals surface area contributed by atoms with Crippen LogP contribution in [0.3, 0.4) is 0 Å². The molecule has 3 heterocycles. The molecule has 0 saturated carbocycles. The van der Waals surface area contributed by atoms with Crippen LogP contribution >= 0.6 is 0 Å². The number of pyridine rings is 3. The quantitative estimate of drug-likeness (QED) is 0.243. The summed E-state index contributed by atoms with van der Waals surface area (Å²) in [5, 5.41) is 0. The normalized spacial score (nSPS) is 12.4. The largest absolute Gasteiger partial charge is 0.461 e. The third kappa shape index (κ3) is 8.49. The summed E-state index contributed by atoms with van der Waals surface area (Å²) < 4.78 is 17.1. The predicted octanol–water partition coefficient (Wildman–Crippen LogP) is 4.55. The monoisotopic (exact) mass is 505 g/mol. The molecule has 0 spiro atoms. The van der Waals surface area contributed by atoms with Crippen molar-refractivity contribution in [2.24, 2.45) is 11.8 Å². The van der Waals surface area contributed by atoms with Gasteiger partial charge in [0.2, 0.25) is 0 Å². The highest BCUT2D eigenvalue weighted by Gasteiger charge is 2.33. The Kier molecular flexibility index (Phi) is 10.7. The molecule has 9 heteroatoms. The van der Waals surface area contributed by atoms with E-state index in [0.29, 0.717) is 5.56 Å². The number of carbonyl (C=O) groups excluding carboxylic acids is 3. The van der Waals surface area contributed by atoms with Crippen LogP contribution in [0.2, 0.25) is 0 Å². The van der Waals surface area contributed by atoms with Crippen molar-refractivity contribution in [2.45, 2.75) is 39.2 Å². The van der Waals surface area contributed by atoms with E-state index in [1.165, 1.54) is 18.6 Å². The molecule has 3 aromatic heterocycles. The van der Waals surface area contributed by atoms with Crippen molar-refractivity contribution in [3.63, 3.8) is 0 Å². The van der Waals surface area contributed by atoms with Gasteiger partial charge >= 0.3 is 17.9 Å². The summed E-state index contributed by atoms with van der Waals surface area (Å²) in [5.41, 5.74) is 0.877. The van der Waals surface area contributed by atoms with Gasteiger partial charge in [-0.1, -0.05) is 26.7 Å². The number of nitrogens with zero attached hydrogens (tertiary/aromatic N) is 3. The number of unbranched alkanes of at least 4 members (excludes halogenated alkanes) is 1. The number of ether oxygens (including phenoxy) is 3. The maximum atomic E-state index is 13.0. The number of hydrogen-bond acceptors (Lipinski definition) is 9. The van der Waals surface area contributed by atoms with Crippen LogP contribution in [0.4, 0.5) is 0 Å². The third-order valence-electron chi connectivity index (χ3n) is 5.83. The summed E-state index contributed by atoms with van der Waals surface area (Å²) in [6, 6.07) is 9.72. The number of hydrogen-bond donors (Lipinski definition) is 0. The fourth-order valence-electron chi connectivity index (χ4n) is 3.78. The number of aromatic nitrogens is 3. The van der Waals surface area contributed by atoms with Gasteiger partial charge in [-0.2, -0.15) is 0 Å². The molecule has 9 nitrogen and oxygen atoms in total. The number of carbonyl (C=O) groups is 3. The van der Waals surface area contributed by atoms with Gasteiger partial charge in [0.1, 0.15) is 19.3 Å². The van der Waals surface area contributed by atoms with E-state index >= 15 is 0 Å². The zero-order valence-corrected chi connectivity index (χ0v) is 21.0. The SMILES string of the molecule is CCCCC(C)C(OC(=O)c1cccnc1)C(COC(=O)c1cccnc1)COC(=O)c1cccnc1. The van der Waals surface area contributed by atoms with Gasteiger partial charge in [-0.15, -0.1) is 0 Å². The summed E-state index contributed by atoms with van der Waals surface area (Å²) in [5.74, 6) is -2.41. The van der Waals surface area contributed by atoms with Crippen molar-refractivity contribution in [3.8, 4) is 0 Å². The van der Waals surface area contributed by atoms with Crippen molar-refractivity contribution >= 4 is 17.9 Å². The summed E-state index contributed by atoms with van der Waals surface area (Å²) in [6.07, 6.45) is 10.9. The average molecular weight is 506 g/mol. The lowest BCUT2D eigenvalue weighted by Gasteiger charge is -2.31. The first-order valence-electron chi connectivity index (χ1n) is 12.2. The minimum Gasteiger partial charge on any atom is -0.461 e. The molecule has 0 saturated heterocycles. The van der Waals surface area contributed by atoms with Crippen LogP contribution in [-0.4, -0.2) is 52.2 Å². The fourth-order valence-corrected chi connectivity index (χ4v) is 3.78. The Bertz CT molecular complexity index is 1070. The van der Waals surface area contributed by atoms with E-state index in [9.17, 15) is 14.4 Å². The van der Waals surface area contributed by atoms with E-state index in [-0.39, 0.29) is 30.3 Å². The fraction of sp³-hybridized carbons (Fsp3) is 0.357. The number of rotatable bonds is 13. The molecule has 2 unspecified atom stereocenters. The lowest BCUT2D eigenvalue weighted by Crippen LogP contribution is -2.39. The molecule has 0 fully saturated rings. The van der Waals surface area contributed by atoms with Crippen LogP contribution in [0.1, 0.15) is 64.2 Å². The summed E-state index contributed by atoms with van der Waals surface area (Å²) in [7, 11) is 0. The molecule has 194 valence electrons. The molecule has 0 aliphatic carbocycles. The van der Waals surface area contributed by atoms with Gasteiger partial charge in [-0.05, 0) is 48.7 Å². The number of esters is 3. The second kappa shape index (κ2) is 14.4. The minimum absolute atomic E-state index is 0.0974. The Labute approximate surface area is 216 Å². The van der Waals surface area contributed by atoms with E-state index < -0.39 is 29.9 Å². The first kappa shape index (κ1) is 27.4. The van der Waals surface area contributed by atoms with E-state index in [1.54, 1.807) is 55.0 Å². The molecule has 0 amide bonds. The summed E-state index contributed by atoms with van der Waals surface area (Å²) in [6.45, 7) is 3.78. The topological polar surface area (TPSA) is 118 Å². The standard InChI is InChI=1S/C28H31N3O6/c1-3-4-8-20(2)25(37-28(34)23-11-7-14-31-17-23)24(18-35-26(32)21-9-5-12-29-15-21)19-36-27(33)22-10-6-13-30-16-22/h5-7,9-17,20,24-25H,3-4,8,18-19H2,1-2H3. The maximum Gasteiger partial charge on any atom is 0.339 e. The van der Waals surface area contributed by atoms with Crippen LogP contribution in [0.25, 0.3) is 0 Å². The van der Waals surface area contributed by atoms with Gasteiger partial charge in [0.25, 0.3) is 0 Å². The first-order chi connectivity index (χ1) is 18.0. The van der Waals surface area contributed by atoms with Crippen LogP contribution in [0.15, 0.2) is 73.6 Å². The van der Waals surface area contributed by atoms with E-state index in [1.807, 2.05) is 6.92 Å². The smallest absolute Gasteiger partial charge is 0.339 e. The van der Waals surface area contributed by atoms with Crippen LogP contribution in [0, 0.1) is 11.8 Å². The van der Waals surface area contributed by atoms with E-state index in [0.717, 1.165) is 19.3 Å². The van der Waals surface area contributed by atoms with Crippen LogP contribution in [-0.2, 0) is 14.2 Å². The van der Waals surface area contributed by atoms with Gasteiger partial charge in [0, 0.05) is 37.2 Å². The molecule has 3 rings (SSSR count). The zero-order chi connectivity index (χ0) is 26.5. The Morgan fingerprint density at radius 2 is 1.22 bits per heavy atom. The second-order valence-electron chi connectivity index (χ2n) is 8.67. The maximum absolute atomic E-state index is 13.0. The minimum atomic E-state index is -0.692. The highest BCUT2D eigenvalue weighted by atomic mass is 16.6. The molecule has 0 bridgehead atoms. The van der Waals surface area contributed by atoms with Crippen LogP contribution < -0.4 is 0 Å². The molecular weight excluding hydrogens is 474 g/mol. The second-order valence-corrected chi connectivity index (χ2v) is 8.67. The van der Waals surface area contributed by atoms with Crippen molar-refractivity contribution in [2.75, 3.05) is 13.2 Å². The van der Waals surface area contributed by atoms with Crippen molar-refractivity contribution < 1.29 is 28.6 Å². The Hall–Kier alpha value is -4.14. The molecule has 0 aromatic carbocycles. The lowest BCUT2D eigenvalue weighted by atomic mass is 9.89. The van der Waals surface area contributed by atoms with E-state index in [2.05, 4.69) is 21.9 Å². The lowest BCUT2D eigenvalue weighted by molar-refractivity contribution is -0.0422. The molecule has 37 heavy (non-hydrogen) atoms. The molecule has 2 atom stereocenters. The molecule has 0 N–H and O–H groups in total. The predicted molar refractivity (Wildman–Crippen MR) is 135 cm³/mol. The molecular formula is C28H31N3O6. The summed E-state index contributed by atoms with van der Waals surface area (Å²) in [4.78, 5) is 50.1. The highest BCUT2D eigenvalue weighted by molar-refractivity contribution is 5.90. The average Bonchev–Trinajstić information content (AvgIpc) is 2.95. The van der Waals surface area contributed by atoms with Crippen molar-refractivity contribution in [1.29, 1.82) is 0 Å². The molecule has 3 aromatic rings. The van der Waals surface area contributed by atoms with Gasteiger partial charge in [-0.3, -0.25) is 15.0 Å². The van der Waals surface area contributed by atoms with Crippen molar-refractivity contribution in [3.05, 3.63) is 90.3 Å². The zero-order valence-electron chi connectivity index (χ0n) is 21.0. The molecule has 0 radical (unpaired) electrons. The Morgan fingerprint density at radius 3 is 1.62 bits per heavy atom. The van der Waals surface area contributed by atoms with Gasteiger partial charge in [-0.25, -0.2) is 14.4 Å². The molecule has 0 aliphatic rings. The van der Waals surface area contributed by atoms with E-state index in [4.69, 9.17) is 14.2 Å². The van der Waals surface area contributed by atoms with Crippen molar-refractivity contribution in [1.82, 2.24) is 15.0 Å². The van der Waals surface area contributed by atoms with Gasteiger partial charge in [0.05, 0.1) is 22.6 Å². The first-order valence-corrected chi connectivity index (χ1v) is 12.2. The van der Waals surface area contributed by atoms with Gasteiger partial charge < -0.3 is 14.2 Å². The highest BCUT2D eigenvalue weighted by Crippen LogP contribution is 2.25. The summed E-state index contributed by atoms with van der Waals surface area (Å²) >= 11 is 0. The Balaban J connectivity index is 1.81. The third-order valence-corrected chi connectivity index (χ3v) is 5.83. The van der Waals surface area contributed by atoms with Gasteiger partial charge in [0.15, 0.2) is 0 Å². The Morgan fingerprint density at radius 1 is 0.757 bits per heavy atom.